The molecule has 160 valence electrons. The Morgan fingerprint density at radius 1 is 1.27 bits per heavy atom. The van der Waals surface area contributed by atoms with Crippen LogP contribution in [0.4, 0.5) is 4.39 Å². The van der Waals surface area contributed by atoms with Gasteiger partial charge in [0.2, 0.25) is 0 Å². The van der Waals surface area contributed by atoms with Gasteiger partial charge in [-0.15, -0.1) is 0 Å². The molecule has 0 atom stereocenters. The zero-order valence-electron chi connectivity index (χ0n) is 17.3. The van der Waals surface area contributed by atoms with Crippen LogP contribution in [0, 0.1) is 0 Å². The second-order valence-electron chi connectivity index (χ2n) is 7.82. The van der Waals surface area contributed by atoms with Gasteiger partial charge in [-0.05, 0) is 49.8 Å². The van der Waals surface area contributed by atoms with Crippen LogP contribution in [0.25, 0.3) is 11.0 Å². The minimum atomic E-state index is -3.29. The van der Waals surface area contributed by atoms with Crippen molar-refractivity contribution in [3.8, 4) is 0 Å². The van der Waals surface area contributed by atoms with Crippen LogP contribution < -0.4 is 5.73 Å². The van der Waals surface area contributed by atoms with Crippen LogP contribution in [0.2, 0.25) is 0 Å². The number of allylic oxidation sites excluding steroid dienone is 1. The first-order valence-electron chi connectivity index (χ1n) is 9.55. The quantitative estimate of drug-likeness (QED) is 0.599. The summed E-state index contributed by atoms with van der Waals surface area (Å²) in [4.78, 5) is 4.73. The average molecular weight is 432 g/mol. The summed E-state index contributed by atoms with van der Waals surface area (Å²) in [6, 6.07) is 10.2. The number of benzene rings is 1. The van der Waals surface area contributed by atoms with E-state index in [1.54, 1.807) is 54.9 Å². The Bertz CT molecular complexity index is 1190. The summed E-state index contributed by atoms with van der Waals surface area (Å²) in [5, 5.41) is 10.9. The van der Waals surface area contributed by atoms with E-state index in [-0.39, 0.29) is 18.0 Å². The Hall–Kier alpha value is -2.55. The fourth-order valence-corrected chi connectivity index (χ4v) is 4.31. The maximum atomic E-state index is 14.4. The van der Waals surface area contributed by atoms with Crippen molar-refractivity contribution in [3.63, 3.8) is 0 Å². The zero-order chi connectivity index (χ0) is 22.1. The van der Waals surface area contributed by atoms with Gasteiger partial charge in [-0.3, -0.25) is 4.98 Å². The Labute approximate surface area is 175 Å². The number of aliphatic hydroxyl groups is 1. The van der Waals surface area contributed by atoms with Gasteiger partial charge >= 0.3 is 0 Å². The third-order valence-electron chi connectivity index (χ3n) is 4.88. The number of rotatable bonds is 7. The van der Waals surface area contributed by atoms with Crippen LogP contribution in [-0.2, 0) is 28.4 Å². The van der Waals surface area contributed by atoms with E-state index in [0.717, 1.165) is 17.4 Å². The topological polar surface area (TPSA) is 98.2 Å². The van der Waals surface area contributed by atoms with Crippen molar-refractivity contribution in [1.29, 1.82) is 0 Å². The molecule has 6 nitrogen and oxygen atoms in total. The standard InChI is InChI=1S/C22H26FN3O3S/c1-22(2,27)21-18(13-15-6-8-17(9-7-15)30(3,28)29)20-19(5-4-12-25-20)26(21)14-16(23)10-11-24/h4-10,12,27H,11,13-14,24H2,1-3H3. The van der Waals surface area contributed by atoms with Crippen molar-refractivity contribution in [2.45, 2.75) is 37.3 Å². The van der Waals surface area contributed by atoms with Crippen LogP contribution in [0.15, 0.2) is 59.4 Å². The van der Waals surface area contributed by atoms with Crippen LogP contribution >= 0.6 is 0 Å². The normalized spacial score (nSPS) is 13.2. The van der Waals surface area contributed by atoms with Gasteiger partial charge in [-0.25, -0.2) is 12.8 Å². The molecule has 1 aromatic carbocycles. The number of nitrogens with two attached hydrogens (primary N) is 1. The van der Waals surface area contributed by atoms with Crippen LogP contribution in [-0.4, -0.2) is 35.9 Å². The fourth-order valence-electron chi connectivity index (χ4n) is 3.68. The number of nitrogens with zero attached hydrogens (tertiary/aromatic N) is 2. The number of fused-ring (bicyclic) bond motifs is 1. The van der Waals surface area contributed by atoms with Crippen LogP contribution in [0.1, 0.15) is 30.7 Å². The monoisotopic (exact) mass is 431 g/mol. The van der Waals surface area contributed by atoms with Gasteiger partial charge in [0.15, 0.2) is 9.84 Å². The maximum Gasteiger partial charge on any atom is 0.175 e. The van der Waals surface area contributed by atoms with E-state index < -0.39 is 21.3 Å². The lowest BCUT2D eigenvalue weighted by Crippen LogP contribution is -2.23. The molecule has 0 aliphatic carbocycles. The Balaban J connectivity index is 2.17. The summed E-state index contributed by atoms with van der Waals surface area (Å²) >= 11 is 0. The van der Waals surface area contributed by atoms with E-state index in [9.17, 15) is 17.9 Å². The number of aromatic nitrogens is 2. The Kier molecular flexibility index (Phi) is 6.12. The molecule has 0 aliphatic heterocycles. The van der Waals surface area contributed by atoms with E-state index in [0.29, 0.717) is 23.1 Å². The predicted octanol–water partition coefficient (Wildman–Crippen LogP) is 3.07. The molecule has 0 saturated heterocycles. The first-order valence-corrected chi connectivity index (χ1v) is 11.4. The highest BCUT2D eigenvalue weighted by Gasteiger charge is 2.29. The highest BCUT2D eigenvalue weighted by Crippen LogP contribution is 2.34. The van der Waals surface area contributed by atoms with Crippen molar-refractivity contribution >= 4 is 20.9 Å². The summed E-state index contributed by atoms with van der Waals surface area (Å²) in [5.74, 6) is -0.396. The van der Waals surface area contributed by atoms with Crippen LogP contribution in [0.3, 0.4) is 0 Å². The minimum Gasteiger partial charge on any atom is -0.384 e. The van der Waals surface area contributed by atoms with Gasteiger partial charge in [0.25, 0.3) is 0 Å². The lowest BCUT2D eigenvalue weighted by Gasteiger charge is -2.23. The molecular formula is C22H26FN3O3S. The van der Waals surface area contributed by atoms with Gasteiger partial charge in [0.1, 0.15) is 5.83 Å². The van der Waals surface area contributed by atoms with Crippen molar-refractivity contribution in [3.05, 3.63) is 71.3 Å². The largest absolute Gasteiger partial charge is 0.384 e. The van der Waals surface area contributed by atoms with Crippen molar-refractivity contribution < 1.29 is 17.9 Å². The van der Waals surface area contributed by atoms with E-state index in [1.807, 2.05) is 6.07 Å². The van der Waals surface area contributed by atoms with E-state index >= 15 is 0 Å². The summed E-state index contributed by atoms with van der Waals surface area (Å²) < 4.78 is 39.6. The van der Waals surface area contributed by atoms with Gasteiger partial charge in [0, 0.05) is 31.0 Å². The van der Waals surface area contributed by atoms with Gasteiger partial charge in [0.05, 0.1) is 33.8 Å². The fraction of sp³-hybridized carbons (Fsp3) is 0.318. The molecule has 0 bridgehead atoms. The second-order valence-corrected chi connectivity index (χ2v) is 9.84. The Morgan fingerprint density at radius 3 is 2.50 bits per heavy atom. The van der Waals surface area contributed by atoms with Crippen LogP contribution in [0.5, 0.6) is 0 Å². The highest BCUT2D eigenvalue weighted by atomic mass is 32.2. The van der Waals surface area contributed by atoms with Crippen molar-refractivity contribution in [1.82, 2.24) is 9.55 Å². The molecule has 0 spiro atoms. The molecule has 0 aliphatic rings. The molecule has 0 radical (unpaired) electrons. The first kappa shape index (κ1) is 22.1. The molecule has 0 saturated carbocycles. The highest BCUT2D eigenvalue weighted by molar-refractivity contribution is 7.90. The Morgan fingerprint density at radius 2 is 1.93 bits per heavy atom. The third-order valence-corrected chi connectivity index (χ3v) is 6.01. The molecule has 0 amide bonds. The maximum absolute atomic E-state index is 14.4. The van der Waals surface area contributed by atoms with E-state index in [1.165, 1.54) is 6.08 Å². The molecule has 8 heteroatoms. The summed E-state index contributed by atoms with van der Waals surface area (Å²) in [6.45, 7) is 3.32. The van der Waals surface area contributed by atoms with Gasteiger partial charge in [-0.2, -0.15) is 0 Å². The molecule has 3 rings (SSSR count). The minimum absolute atomic E-state index is 0.0638. The molecule has 2 aromatic heterocycles. The molecule has 2 heterocycles. The SMILES string of the molecule is CC(C)(O)c1c(Cc2ccc(S(C)(=O)=O)cc2)c2ncccc2n1CC(F)=CCN. The molecule has 0 unspecified atom stereocenters. The lowest BCUT2D eigenvalue weighted by atomic mass is 9.96. The predicted molar refractivity (Wildman–Crippen MR) is 116 cm³/mol. The number of halogens is 1. The van der Waals surface area contributed by atoms with E-state index in [2.05, 4.69) is 4.98 Å². The molecule has 0 fully saturated rings. The van der Waals surface area contributed by atoms with E-state index in [4.69, 9.17) is 5.73 Å². The number of pyridine rings is 1. The van der Waals surface area contributed by atoms with Gasteiger partial charge in [-0.1, -0.05) is 12.1 Å². The summed E-state index contributed by atoms with van der Waals surface area (Å²) in [6.07, 6.45) is 4.53. The molecule has 3 N–H and O–H groups in total. The van der Waals surface area contributed by atoms with Gasteiger partial charge < -0.3 is 15.4 Å². The smallest absolute Gasteiger partial charge is 0.175 e. The second kappa shape index (κ2) is 8.29. The first-order chi connectivity index (χ1) is 14.0. The lowest BCUT2D eigenvalue weighted by molar-refractivity contribution is 0.0694. The molecule has 30 heavy (non-hydrogen) atoms. The van der Waals surface area contributed by atoms with Crippen molar-refractivity contribution in [2.75, 3.05) is 12.8 Å². The summed E-state index contributed by atoms with van der Waals surface area (Å²) in [7, 11) is -3.29. The zero-order valence-corrected chi connectivity index (χ0v) is 18.1. The summed E-state index contributed by atoms with van der Waals surface area (Å²) in [5.41, 5.74) is 7.74. The number of hydrogen-bond acceptors (Lipinski definition) is 5. The average Bonchev–Trinajstić information content (AvgIpc) is 2.95. The number of hydrogen-bond donors (Lipinski definition) is 2. The molecular weight excluding hydrogens is 405 g/mol. The molecule has 3 aromatic rings. The number of sulfone groups is 1. The third kappa shape index (κ3) is 4.61. The van der Waals surface area contributed by atoms with Crippen molar-refractivity contribution in [2.24, 2.45) is 5.73 Å².